The van der Waals surface area contributed by atoms with Gasteiger partial charge in [0.2, 0.25) is 0 Å². The maximum atomic E-state index is 13.9. The minimum absolute atomic E-state index is 0.0561. The molecule has 5 aliphatic rings. The molecule has 7 nitrogen and oxygen atoms in total. The molecule has 254 valence electrons. The van der Waals surface area contributed by atoms with E-state index in [0.29, 0.717) is 24.0 Å². The summed E-state index contributed by atoms with van der Waals surface area (Å²) in [6.07, 6.45) is 11.9. The van der Waals surface area contributed by atoms with Crippen molar-refractivity contribution >= 4 is 38.8 Å². The molecular formula is C38H50ClN3O4S. The van der Waals surface area contributed by atoms with Gasteiger partial charge in [-0.1, -0.05) is 36.7 Å². The van der Waals surface area contributed by atoms with Crippen LogP contribution in [0, 0.1) is 17.8 Å². The van der Waals surface area contributed by atoms with Crippen LogP contribution in [0.1, 0.15) is 73.9 Å². The van der Waals surface area contributed by atoms with Gasteiger partial charge in [0.15, 0.2) is 0 Å². The maximum Gasteiger partial charge on any atom is 0.262 e. The second-order valence-electron chi connectivity index (χ2n) is 15.0. The summed E-state index contributed by atoms with van der Waals surface area (Å²) in [5, 5.41) is 0.460. The number of hydrogen-bond donors (Lipinski definition) is 1. The molecule has 7 rings (SSSR count). The molecule has 3 heterocycles. The van der Waals surface area contributed by atoms with E-state index in [-0.39, 0.29) is 22.5 Å². The largest absolute Gasteiger partial charge is 0.490 e. The number of benzene rings is 2. The minimum atomic E-state index is -2.92. The first kappa shape index (κ1) is 33.0. The topological polar surface area (TPSA) is 71.1 Å². The van der Waals surface area contributed by atoms with E-state index >= 15 is 0 Å². The van der Waals surface area contributed by atoms with Gasteiger partial charge < -0.3 is 19.3 Å². The SMILES string of the molecule is C=S1(=O)NC(=O)c2ccc3c(c2)N(C[C@@H]2CC[C@H]2[C@@](CN2CCC2)(OC)/C=C/C[C@H](C)[C@H]1C)C[C@@]1(CCCc2cc(Cl)ccc21)CO3. The van der Waals surface area contributed by atoms with Crippen LogP contribution in [-0.4, -0.2) is 78.2 Å². The molecule has 1 amide bonds. The number of hydrogen-bond acceptors (Lipinski definition) is 6. The van der Waals surface area contributed by atoms with Crippen LogP contribution in [0.2, 0.25) is 5.02 Å². The molecule has 0 aromatic heterocycles. The van der Waals surface area contributed by atoms with Crippen LogP contribution in [0.25, 0.3) is 0 Å². The van der Waals surface area contributed by atoms with Crippen LogP contribution in [0.5, 0.6) is 5.75 Å². The van der Waals surface area contributed by atoms with Gasteiger partial charge in [-0.15, -0.1) is 0 Å². The third kappa shape index (κ3) is 6.13. The van der Waals surface area contributed by atoms with Gasteiger partial charge in [-0.3, -0.25) is 9.52 Å². The number of halogens is 1. The molecule has 2 fully saturated rings. The summed E-state index contributed by atoms with van der Waals surface area (Å²) in [4.78, 5) is 18.7. The van der Waals surface area contributed by atoms with Gasteiger partial charge in [0.05, 0.1) is 22.0 Å². The molecule has 47 heavy (non-hydrogen) atoms. The lowest BCUT2D eigenvalue weighted by Crippen LogP contribution is -2.58. The smallest absolute Gasteiger partial charge is 0.262 e. The highest BCUT2D eigenvalue weighted by molar-refractivity contribution is 7.99. The Balaban J connectivity index is 1.32. The third-order valence-corrected chi connectivity index (χ3v) is 14.6. The van der Waals surface area contributed by atoms with E-state index in [0.717, 1.165) is 87.7 Å². The van der Waals surface area contributed by atoms with E-state index in [1.807, 2.05) is 32.2 Å². The molecule has 3 aliphatic heterocycles. The fourth-order valence-electron chi connectivity index (χ4n) is 8.79. The minimum Gasteiger partial charge on any atom is -0.490 e. The first-order valence-electron chi connectivity index (χ1n) is 17.5. The van der Waals surface area contributed by atoms with Crippen LogP contribution < -0.4 is 14.4 Å². The van der Waals surface area contributed by atoms with Crippen LogP contribution in [-0.2, 0) is 26.3 Å². The van der Waals surface area contributed by atoms with Crippen molar-refractivity contribution in [3.05, 3.63) is 70.3 Å². The predicted octanol–water partition coefficient (Wildman–Crippen LogP) is 6.28. The van der Waals surface area contributed by atoms with Gasteiger partial charge in [0.25, 0.3) is 5.91 Å². The van der Waals surface area contributed by atoms with Crippen molar-refractivity contribution in [3.63, 3.8) is 0 Å². The molecule has 1 saturated heterocycles. The van der Waals surface area contributed by atoms with Crippen LogP contribution in [0.15, 0.2) is 48.6 Å². The van der Waals surface area contributed by atoms with E-state index in [2.05, 4.69) is 51.6 Å². The van der Waals surface area contributed by atoms with E-state index in [4.69, 9.17) is 21.1 Å². The molecule has 9 heteroatoms. The average Bonchev–Trinajstić information content (AvgIpc) is 3.16. The number of methoxy groups -OCH3 is 1. The number of ether oxygens (including phenoxy) is 2. The van der Waals surface area contributed by atoms with E-state index in [9.17, 15) is 9.00 Å². The number of carbonyl (C=O) groups is 1. The number of nitrogens with zero attached hydrogens (tertiary/aromatic N) is 2. The number of allylic oxidation sites excluding steroid dienone is 1. The van der Waals surface area contributed by atoms with Gasteiger partial charge in [-0.25, -0.2) is 4.21 Å². The van der Waals surface area contributed by atoms with E-state index < -0.39 is 15.3 Å². The molecule has 2 aromatic carbocycles. The second-order valence-corrected chi connectivity index (χ2v) is 17.8. The lowest BCUT2D eigenvalue weighted by Gasteiger charge is -2.52. The molecule has 1 saturated carbocycles. The Hall–Kier alpha value is -2.52. The van der Waals surface area contributed by atoms with Crippen molar-refractivity contribution < 1.29 is 18.5 Å². The number of likely N-dealkylation sites (tertiary alicyclic amines) is 1. The number of nitrogens with one attached hydrogen (secondary N) is 1. The van der Waals surface area contributed by atoms with Gasteiger partial charge in [-0.2, -0.15) is 0 Å². The summed E-state index contributed by atoms with van der Waals surface area (Å²) in [7, 11) is -1.04. The lowest BCUT2D eigenvalue weighted by molar-refractivity contribution is -0.0985. The molecular weight excluding hydrogens is 630 g/mol. The molecule has 2 bridgehead atoms. The summed E-state index contributed by atoms with van der Waals surface area (Å²) >= 11 is 6.48. The summed E-state index contributed by atoms with van der Waals surface area (Å²) in [6.45, 7) is 9.32. The van der Waals surface area contributed by atoms with Crippen molar-refractivity contribution in [2.75, 3.05) is 51.3 Å². The molecule has 0 radical (unpaired) electrons. The van der Waals surface area contributed by atoms with Crippen LogP contribution >= 0.6 is 11.6 Å². The van der Waals surface area contributed by atoms with E-state index in [1.54, 1.807) is 6.07 Å². The Morgan fingerprint density at radius 2 is 1.98 bits per heavy atom. The van der Waals surface area contributed by atoms with Crippen molar-refractivity contribution in [1.82, 2.24) is 9.62 Å². The van der Waals surface area contributed by atoms with Crippen molar-refractivity contribution in [3.8, 4) is 5.75 Å². The summed E-state index contributed by atoms with van der Waals surface area (Å²) in [5.74, 6) is 5.29. The third-order valence-electron chi connectivity index (χ3n) is 12.2. The highest BCUT2D eigenvalue weighted by Crippen LogP contribution is 2.49. The van der Waals surface area contributed by atoms with Crippen LogP contribution in [0.3, 0.4) is 0 Å². The Morgan fingerprint density at radius 3 is 2.70 bits per heavy atom. The van der Waals surface area contributed by atoms with Gasteiger partial charge in [-0.05, 0) is 130 Å². The Bertz CT molecular complexity index is 1660. The Kier molecular flexibility index (Phi) is 8.94. The van der Waals surface area contributed by atoms with Gasteiger partial charge in [0, 0.05) is 48.0 Å². The highest BCUT2D eigenvalue weighted by atomic mass is 35.5. The van der Waals surface area contributed by atoms with Crippen molar-refractivity contribution in [1.29, 1.82) is 0 Å². The quantitative estimate of drug-likeness (QED) is 0.305. The standard InChI is InChI=1S/C38H50ClN3O4S/c1-26-8-5-17-38(45-3,24-41-18-7-19-41)33-13-10-30(33)22-42-23-37(16-6-9-28-20-31(39)12-14-32(28)37)25-46-35-15-11-29(21-34(35)42)36(43)40-47(4,44)27(26)2/h5,11-12,14-15,17,20-21,26-27,30,33H,4,6-10,13,16,18-19,22-25H2,1-3H3,(H,40,43,44)/b17-5+/t26-,27+,30-,33+,37-,38+,47?/m0/s1. The normalized spacial score (nSPS) is 36.5. The van der Waals surface area contributed by atoms with Crippen molar-refractivity contribution in [2.45, 2.75) is 75.1 Å². The summed E-state index contributed by atoms with van der Waals surface area (Å²) in [6, 6.07) is 12.0. The molecule has 1 unspecified atom stereocenters. The molecule has 2 aromatic rings. The first-order chi connectivity index (χ1) is 22.5. The zero-order chi connectivity index (χ0) is 33.0. The Labute approximate surface area is 286 Å². The van der Waals surface area contributed by atoms with Crippen LogP contribution in [0.4, 0.5) is 5.69 Å². The summed E-state index contributed by atoms with van der Waals surface area (Å²) in [5.41, 5.74) is 3.42. The number of carbonyl (C=O) groups excluding carboxylic acids is 1. The molecule has 7 atom stereocenters. The fourth-order valence-corrected chi connectivity index (χ4v) is 10.5. The zero-order valence-electron chi connectivity index (χ0n) is 28.1. The molecule has 1 spiro atoms. The van der Waals surface area contributed by atoms with Crippen molar-refractivity contribution in [2.24, 2.45) is 17.8 Å². The predicted molar refractivity (Wildman–Crippen MR) is 192 cm³/mol. The molecule has 1 N–H and O–H groups in total. The average molecular weight is 680 g/mol. The fraction of sp³-hybridized carbons (Fsp3) is 0.579. The van der Waals surface area contributed by atoms with Gasteiger partial charge >= 0.3 is 0 Å². The Morgan fingerprint density at radius 1 is 1.15 bits per heavy atom. The molecule has 2 aliphatic carbocycles. The number of rotatable bonds is 3. The monoisotopic (exact) mass is 679 g/mol. The van der Waals surface area contributed by atoms with E-state index in [1.165, 1.54) is 17.5 Å². The number of fused-ring (bicyclic) bond motifs is 4. The second kappa shape index (κ2) is 12.7. The zero-order valence-corrected chi connectivity index (χ0v) is 29.7. The van der Waals surface area contributed by atoms with Gasteiger partial charge in [0.1, 0.15) is 11.4 Å². The number of amides is 1. The maximum absolute atomic E-state index is 13.9. The first-order valence-corrected chi connectivity index (χ1v) is 19.6. The highest BCUT2D eigenvalue weighted by Gasteiger charge is 2.50. The summed E-state index contributed by atoms with van der Waals surface area (Å²) < 4.78 is 30.0. The lowest BCUT2D eigenvalue weighted by atomic mass is 9.63. The number of anilines is 1. The number of aryl methyl sites for hydroxylation is 1.